The minimum absolute atomic E-state index is 0.0422. The van der Waals surface area contributed by atoms with E-state index in [0.717, 1.165) is 11.1 Å². The number of hydrogen-bond acceptors (Lipinski definition) is 3. The van der Waals surface area contributed by atoms with Gasteiger partial charge in [0.25, 0.3) is 5.56 Å². The molecular weight excluding hydrogens is 414 g/mol. The van der Waals surface area contributed by atoms with Crippen LogP contribution in [0.4, 0.5) is 5.69 Å². The molecule has 6 nitrogen and oxygen atoms in total. The molecule has 0 unspecified atom stereocenters. The van der Waals surface area contributed by atoms with Gasteiger partial charge in [-0.2, -0.15) is 0 Å². The standard InChI is InChI=1S/C24H18ClN3O3/c1-15-10-12-17(13-11-15)28-23(29)19(21(27-28)16-6-3-2-4-7-16)14-26-22-18(24(30)31)8-5-9-20(22)25/h2-14,27H,1H3,(H,30,31). The average Bonchev–Trinajstić information content (AvgIpc) is 3.10. The molecule has 4 aromatic rings. The normalized spacial score (nSPS) is 11.2. The lowest BCUT2D eigenvalue weighted by atomic mass is 10.1. The number of halogens is 1. The van der Waals surface area contributed by atoms with Crippen LogP contribution in [0.3, 0.4) is 0 Å². The number of carboxylic acid groups (broad SMARTS) is 1. The SMILES string of the molecule is Cc1ccc(-n2[nH]c(-c3ccccc3)c(C=Nc3c(Cl)cccc3C(=O)O)c2=O)cc1. The molecule has 4 rings (SSSR count). The monoisotopic (exact) mass is 431 g/mol. The van der Waals surface area contributed by atoms with Crippen molar-refractivity contribution in [1.29, 1.82) is 0 Å². The Bertz CT molecular complexity index is 1340. The molecule has 0 aliphatic rings. The van der Waals surface area contributed by atoms with Crippen molar-refractivity contribution in [3.05, 3.63) is 105 Å². The first-order valence-electron chi connectivity index (χ1n) is 9.49. The fourth-order valence-electron chi connectivity index (χ4n) is 3.22. The number of aromatic nitrogens is 2. The summed E-state index contributed by atoms with van der Waals surface area (Å²) in [5.41, 5.74) is 3.16. The second kappa shape index (κ2) is 8.45. The molecule has 7 heteroatoms. The van der Waals surface area contributed by atoms with Crippen molar-refractivity contribution in [3.63, 3.8) is 0 Å². The van der Waals surface area contributed by atoms with Crippen LogP contribution in [0.5, 0.6) is 0 Å². The van der Waals surface area contributed by atoms with E-state index >= 15 is 0 Å². The van der Waals surface area contributed by atoms with Crippen LogP contribution in [0, 0.1) is 6.92 Å². The van der Waals surface area contributed by atoms with Gasteiger partial charge in [-0.3, -0.25) is 14.9 Å². The number of rotatable bonds is 5. The highest BCUT2D eigenvalue weighted by molar-refractivity contribution is 6.33. The lowest BCUT2D eigenvalue weighted by Gasteiger charge is -2.03. The Morgan fingerprint density at radius 3 is 2.42 bits per heavy atom. The Morgan fingerprint density at radius 1 is 1.03 bits per heavy atom. The number of H-pyrrole nitrogens is 1. The Labute approximate surface area is 183 Å². The number of hydrogen-bond donors (Lipinski definition) is 2. The molecule has 0 spiro atoms. The number of nitrogens with one attached hydrogen (secondary N) is 1. The third-order valence-electron chi connectivity index (χ3n) is 4.82. The van der Waals surface area contributed by atoms with Crippen LogP contribution in [0.15, 0.2) is 82.6 Å². The maximum Gasteiger partial charge on any atom is 0.337 e. The third-order valence-corrected chi connectivity index (χ3v) is 5.13. The van der Waals surface area contributed by atoms with Crippen LogP contribution in [-0.2, 0) is 0 Å². The second-order valence-corrected chi connectivity index (χ2v) is 7.35. The topological polar surface area (TPSA) is 87.4 Å². The van der Waals surface area contributed by atoms with E-state index in [0.29, 0.717) is 16.9 Å². The number of carboxylic acids is 1. The van der Waals surface area contributed by atoms with Gasteiger partial charge in [0.1, 0.15) is 0 Å². The maximum atomic E-state index is 13.3. The summed E-state index contributed by atoms with van der Waals surface area (Å²) in [4.78, 5) is 29.1. The van der Waals surface area contributed by atoms with Crippen LogP contribution >= 0.6 is 11.6 Å². The van der Waals surface area contributed by atoms with Crippen molar-refractivity contribution in [1.82, 2.24) is 9.78 Å². The third kappa shape index (κ3) is 4.06. The average molecular weight is 432 g/mol. The van der Waals surface area contributed by atoms with Gasteiger partial charge < -0.3 is 5.11 Å². The van der Waals surface area contributed by atoms with Gasteiger partial charge in [0.05, 0.1) is 33.2 Å². The molecule has 154 valence electrons. The van der Waals surface area contributed by atoms with Crippen LogP contribution in [0.2, 0.25) is 5.02 Å². The minimum Gasteiger partial charge on any atom is -0.478 e. The van der Waals surface area contributed by atoms with E-state index in [-0.39, 0.29) is 21.8 Å². The van der Waals surface area contributed by atoms with Gasteiger partial charge in [0, 0.05) is 11.8 Å². The summed E-state index contributed by atoms with van der Waals surface area (Å²) in [6.07, 6.45) is 1.36. The summed E-state index contributed by atoms with van der Waals surface area (Å²) in [5.74, 6) is -1.15. The van der Waals surface area contributed by atoms with E-state index in [1.807, 2.05) is 61.5 Å². The van der Waals surface area contributed by atoms with Gasteiger partial charge in [-0.25, -0.2) is 9.48 Å². The van der Waals surface area contributed by atoms with Crippen molar-refractivity contribution < 1.29 is 9.90 Å². The number of nitrogens with zero attached hydrogens (tertiary/aromatic N) is 2. The molecule has 0 radical (unpaired) electrons. The number of aliphatic imine (C=N–C) groups is 1. The van der Waals surface area contributed by atoms with Gasteiger partial charge >= 0.3 is 5.97 Å². The summed E-state index contributed by atoms with van der Waals surface area (Å²) in [7, 11) is 0. The van der Waals surface area contributed by atoms with Crippen LogP contribution in [-0.4, -0.2) is 27.1 Å². The summed E-state index contributed by atoms with van der Waals surface area (Å²) in [5, 5.41) is 12.8. The van der Waals surface area contributed by atoms with Crippen LogP contribution in [0.1, 0.15) is 21.5 Å². The first-order chi connectivity index (χ1) is 15.0. The molecular formula is C24H18ClN3O3. The van der Waals surface area contributed by atoms with E-state index in [4.69, 9.17) is 11.6 Å². The molecule has 0 saturated carbocycles. The zero-order chi connectivity index (χ0) is 22.0. The highest BCUT2D eigenvalue weighted by Crippen LogP contribution is 2.29. The number of aryl methyl sites for hydroxylation is 1. The summed E-state index contributed by atoms with van der Waals surface area (Å²) >= 11 is 6.18. The zero-order valence-electron chi connectivity index (χ0n) is 16.5. The predicted molar refractivity (Wildman–Crippen MR) is 122 cm³/mol. The summed E-state index contributed by atoms with van der Waals surface area (Å²) in [6.45, 7) is 1.97. The van der Waals surface area contributed by atoms with Gasteiger partial charge in [-0.15, -0.1) is 0 Å². The van der Waals surface area contributed by atoms with E-state index in [9.17, 15) is 14.7 Å². The number of aromatic carboxylic acids is 1. The molecule has 3 aromatic carbocycles. The summed E-state index contributed by atoms with van der Waals surface area (Å²) in [6, 6.07) is 21.4. The van der Waals surface area contributed by atoms with Crippen LogP contribution < -0.4 is 5.56 Å². The Hall–Kier alpha value is -3.90. The highest BCUT2D eigenvalue weighted by Gasteiger charge is 2.17. The largest absolute Gasteiger partial charge is 0.478 e. The van der Waals surface area contributed by atoms with E-state index in [2.05, 4.69) is 10.1 Å². The lowest BCUT2D eigenvalue weighted by molar-refractivity contribution is 0.0698. The van der Waals surface area contributed by atoms with E-state index in [1.165, 1.54) is 17.0 Å². The fraction of sp³-hybridized carbons (Fsp3) is 0.0417. The number of aromatic amines is 1. The molecule has 2 N–H and O–H groups in total. The molecule has 0 bridgehead atoms. The molecule has 1 aromatic heterocycles. The second-order valence-electron chi connectivity index (χ2n) is 6.94. The van der Waals surface area contributed by atoms with E-state index in [1.54, 1.807) is 12.1 Å². The van der Waals surface area contributed by atoms with Crippen molar-refractivity contribution in [2.75, 3.05) is 0 Å². The number of para-hydroxylation sites is 1. The minimum atomic E-state index is -1.15. The molecule has 0 fully saturated rings. The number of carbonyl (C=O) groups is 1. The van der Waals surface area contributed by atoms with Gasteiger partial charge in [-0.1, -0.05) is 65.7 Å². The molecule has 0 aliphatic heterocycles. The Balaban J connectivity index is 1.90. The molecule has 1 heterocycles. The Kier molecular flexibility index (Phi) is 5.56. The highest BCUT2D eigenvalue weighted by atomic mass is 35.5. The molecule has 0 amide bonds. The van der Waals surface area contributed by atoms with Gasteiger partial charge in [-0.05, 0) is 31.2 Å². The first-order valence-corrected chi connectivity index (χ1v) is 9.87. The lowest BCUT2D eigenvalue weighted by Crippen LogP contribution is -2.17. The predicted octanol–water partition coefficient (Wildman–Crippen LogP) is 5.24. The molecule has 0 saturated heterocycles. The maximum absolute atomic E-state index is 13.3. The zero-order valence-corrected chi connectivity index (χ0v) is 17.3. The van der Waals surface area contributed by atoms with Crippen LogP contribution in [0.25, 0.3) is 16.9 Å². The first kappa shape index (κ1) is 20.4. The van der Waals surface area contributed by atoms with E-state index < -0.39 is 5.97 Å². The van der Waals surface area contributed by atoms with Crippen molar-refractivity contribution >= 4 is 29.5 Å². The fourth-order valence-corrected chi connectivity index (χ4v) is 3.44. The molecule has 0 atom stereocenters. The number of benzene rings is 3. The van der Waals surface area contributed by atoms with Crippen molar-refractivity contribution in [2.24, 2.45) is 4.99 Å². The molecule has 31 heavy (non-hydrogen) atoms. The quantitative estimate of drug-likeness (QED) is 0.423. The van der Waals surface area contributed by atoms with Gasteiger partial charge in [0.2, 0.25) is 0 Å². The van der Waals surface area contributed by atoms with Gasteiger partial charge in [0.15, 0.2) is 0 Å². The van der Waals surface area contributed by atoms with Crippen molar-refractivity contribution in [2.45, 2.75) is 6.92 Å². The smallest absolute Gasteiger partial charge is 0.337 e. The summed E-state index contributed by atoms with van der Waals surface area (Å²) < 4.78 is 1.44. The van der Waals surface area contributed by atoms with Crippen molar-refractivity contribution in [3.8, 4) is 16.9 Å². The Morgan fingerprint density at radius 2 is 1.74 bits per heavy atom. The molecule has 0 aliphatic carbocycles.